The second-order valence-corrected chi connectivity index (χ2v) is 5.01. The largest absolute Gasteiger partial charge is 0.454 e. The fraction of sp³-hybridized carbons (Fsp3) is 0.500. The van der Waals surface area contributed by atoms with Crippen LogP contribution in [0, 0.1) is 0 Å². The van der Waals surface area contributed by atoms with E-state index in [9.17, 15) is 4.79 Å². The summed E-state index contributed by atoms with van der Waals surface area (Å²) in [5.41, 5.74) is 1.15. The average molecular weight is 320 g/mol. The van der Waals surface area contributed by atoms with Crippen LogP contribution >= 0.6 is 0 Å². The fourth-order valence-corrected chi connectivity index (χ4v) is 2.17. The van der Waals surface area contributed by atoms with E-state index in [2.05, 4.69) is 20.9 Å². The van der Waals surface area contributed by atoms with Gasteiger partial charge in [0.2, 0.25) is 12.7 Å². The number of hydrogen-bond donors (Lipinski definition) is 3. The van der Waals surface area contributed by atoms with Crippen LogP contribution in [0.3, 0.4) is 0 Å². The Morgan fingerprint density at radius 3 is 2.70 bits per heavy atom. The molecule has 0 fully saturated rings. The fourth-order valence-electron chi connectivity index (χ4n) is 2.17. The van der Waals surface area contributed by atoms with Crippen LogP contribution in [-0.2, 0) is 11.2 Å². The highest BCUT2D eigenvalue weighted by Gasteiger charge is 2.12. The first-order chi connectivity index (χ1) is 11.2. The van der Waals surface area contributed by atoms with Crippen molar-refractivity contribution < 1.29 is 14.3 Å². The van der Waals surface area contributed by atoms with E-state index in [0.29, 0.717) is 19.0 Å². The lowest BCUT2D eigenvalue weighted by Crippen LogP contribution is -2.39. The number of fused-ring (bicyclic) bond motifs is 1. The molecule has 0 aromatic heterocycles. The van der Waals surface area contributed by atoms with Crippen molar-refractivity contribution in [3.8, 4) is 11.5 Å². The van der Waals surface area contributed by atoms with Crippen LogP contribution in [0.5, 0.6) is 11.5 Å². The molecule has 3 N–H and O–H groups in total. The molecular formula is C16H24N4O3. The van der Waals surface area contributed by atoms with E-state index in [1.807, 2.05) is 32.0 Å². The molecule has 1 amide bonds. The Morgan fingerprint density at radius 1 is 1.13 bits per heavy atom. The van der Waals surface area contributed by atoms with Crippen molar-refractivity contribution in [3.05, 3.63) is 23.8 Å². The zero-order valence-electron chi connectivity index (χ0n) is 13.6. The van der Waals surface area contributed by atoms with Gasteiger partial charge in [-0.05, 0) is 38.0 Å². The molecule has 0 atom stereocenters. The number of ether oxygens (including phenoxy) is 2. The van der Waals surface area contributed by atoms with Crippen LogP contribution < -0.4 is 25.4 Å². The molecule has 7 nitrogen and oxygen atoms in total. The second kappa shape index (κ2) is 8.87. The highest BCUT2D eigenvalue weighted by Crippen LogP contribution is 2.32. The van der Waals surface area contributed by atoms with Crippen LogP contribution in [0.15, 0.2) is 23.2 Å². The number of hydrogen-bond acceptors (Lipinski definition) is 4. The van der Waals surface area contributed by atoms with E-state index < -0.39 is 0 Å². The highest BCUT2D eigenvalue weighted by molar-refractivity contribution is 5.84. The zero-order valence-corrected chi connectivity index (χ0v) is 13.6. The predicted molar refractivity (Wildman–Crippen MR) is 88.9 cm³/mol. The molecule has 23 heavy (non-hydrogen) atoms. The number of carbonyl (C=O) groups is 1. The molecule has 0 aliphatic carbocycles. The molecular weight excluding hydrogens is 296 g/mol. The summed E-state index contributed by atoms with van der Waals surface area (Å²) in [6.07, 6.45) is 0.822. The van der Waals surface area contributed by atoms with Crippen LogP contribution in [0.25, 0.3) is 0 Å². The lowest BCUT2D eigenvalue weighted by molar-refractivity contribution is -0.119. The zero-order chi connectivity index (χ0) is 16.5. The lowest BCUT2D eigenvalue weighted by atomic mass is 10.1. The summed E-state index contributed by atoms with van der Waals surface area (Å²) in [6.45, 7) is 6.34. The van der Waals surface area contributed by atoms with E-state index in [4.69, 9.17) is 9.47 Å². The van der Waals surface area contributed by atoms with Gasteiger partial charge >= 0.3 is 0 Å². The Hall–Kier alpha value is -2.44. The Labute approximate surface area is 136 Å². The van der Waals surface area contributed by atoms with Crippen LogP contribution in [0.4, 0.5) is 0 Å². The second-order valence-electron chi connectivity index (χ2n) is 5.01. The van der Waals surface area contributed by atoms with Crippen LogP contribution in [-0.4, -0.2) is 44.8 Å². The van der Waals surface area contributed by atoms with Gasteiger partial charge in [-0.15, -0.1) is 0 Å². The summed E-state index contributed by atoms with van der Waals surface area (Å²) in [5.74, 6) is 2.14. The average Bonchev–Trinajstić information content (AvgIpc) is 3.00. The van der Waals surface area contributed by atoms with Crippen molar-refractivity contribution in [1.29, 1.82) is 0 Å². The van der Waals surface area contributed by atoms with Crippen molar-refractivity contribution in [3.63, 3.8) is 0 Å². The van der Waals surface area contributed by atoms with Crippen molar-refractivity contribution in [2.45, 2.75) is 20.3 Å². The molecule has 1 heterocycles. The minimum Gasteiger partial charge on any atom is -0.454 e. The number of rotatable bonds is 7. The molecule has 1 aliphatic heterocycles. The molecule has 1 aliphatic rings. The Bertz CT molecular complexity index is 560. The lowest BCUT2D eigenvalue weighted by Gasteiger charge is -2.11. The smallest absolute Gasteiger partial charge is 0.241 e. The monoisotopic (exact) mass is 320 g/mol. The van der Waals surface area contributed by atoms with Gasteiger partial charge < -0.3 is 25.4 Å². The minimum absolute atomic E-state index is 0.0829. The third-order valence-electron chi connectivity index (χ3n) is 3.24. The van der Waals surface area contributed by atoms with Crippen molar-refractivity contribution in [2.75, 3.05) is 33.0 Å². The first-order valence-corrected chi connectivity index (χ1v) is 7.90. The number of amides is 1. The maximum absolute atomic E-state index is 11.5. The van der Waals surface area contributed by atoms with Gasteiger partial charge in [0, 0.05) is 19.6 Å². The van der Waals surface area contributed by atoms with Crippen LogP contribution in [0.1, 0.15) is 19.4 Å². The summed E-state index contributed by atoms with van der Waals surface area (Å²) in [4.78, 5) is 15.7. The first kappa shape index (κ1) is 16.9. The predicted octanol–water partition coefficient (Wildman–Crippen LogP) is 0.649. The van der Waals surface area contributed by atoms with Gasteiger partial charge in [-0.3, -0.25) is 4.79 Å². The number of nitrogens with zero attached hydrogens (tertiary/aromatic N) is 1. The maximum atomic E-state index is 11.5. The molecule has 1 aromatic carbocycles. The highest BCUT2D eigenvalue weighted by atomic mass is 16.7. The van der Waals surface area contributed by atoms with Gasteiger partial charge in [-0.25, -0.2) is 4.99 Å². The SMILES string of the molecule is CCNC(=O)CN=C(NCC)NCCc1ccc2c(c1)OCO2. The molecule has 0 radical (unpaired) electrons. The van der Waals surface area contributed by atoms with Gasteiger partial charge in [0.1, 0.15) is 6.54 Å². The topological polar surface area (TPSA) is 84.0 Å². The summed E-state index contributed by atoms with van der Waals surface area (Å²) in [6, 6.07) is 5.93. The van der Waals surface area contributed by atoms with Crippen LogP contribution in [0.2, 0.25) is 0 Å². The standard InChI is InChI=1S/C16H24N4O3/c1-3-17-15(21)10-20-16(18-4-2)19-8-7-12-5-6-13-14(9-12)23-11-22-13/h5-6,9H,3-4,7-8,10-11H2,1-2H3,(H,17,21)(H2,18,19,20). The molecule has 126 valence electrons. The molecule has 1 aromatic rings. The molecule has 0 saturated carbocycles. The summed E-state index contributed by atoms with van der Waals surface area (Å²) in [7, 11) is 0. The number of nitrogens with one attached hydrogen (secondary N) is 3. The van der Waals surface area contributed by atoms with Gasteiger partial charge in [-0.1, -0.05) is 6.07 Å². The van der Waals surface area contributed by atoms with Crippen molar-refractivity contribution in [1.82, 2.24) is 16.0 Å². The Kier molecular flexibility index (Phi) is 6.53. The Balaban J connectivity index is 1.81. The molecule has 2 rings (SSSR count). The molecule has 0 saturated heterocycles. The molecule has 0 unspecified atom stereocenters. The summed E-state index contributed by atoms with van der Waals surface area (Å²) >= 11 is 0. The van der Waals surface area contributed by atoms with Gasteiger partial charge in [0.05, 0.1) is 0 Å². The van der Waals surface area contributed by atoms with E-state index in [1.54, 1.807) is 0 Å². The third-order valence-corrected chi connectivity index (χ3v) is 3.24. The first-order valence-electron chi connectivity index (χ1n) is 7.90. The number of likely N-dealkylation sites (N-methyl/N-ethyl adjacent to an activating group) is 1. The maximum Gasteiger partial charge on any atom is 0.241 e. The van der Waals surface area contributed by atoms with Gasteiger partial charge in [-0.2, -0.15) is 0 Å². The Morgan fingerprint density at radius 2 is 1.91 bits per heavy atom. The number of carbonyl (C=O) groups excluding carboxylic acids is 1. The van der Waals surface area contributed by atoms with Gasteiger partial charge in [0.25, 0.3) is 0 Å². The molecule has 0 spiro atoms. The van der Waals surface area contributed by atoms with E-state index in [0.717, 1.165) is 30.0 Å². The molecule has 0 bridgehead atoms. The quantitative estimate of drug-likeness (QED) is 0.507. The summed E-state index contributed by atoms with van der Waals surface area (Å²) < 4.78 is 10.7. The third kappa shape index (κ3) is 5.36. The van der Waals surface area contributed by atoms with E-state index in [-0.39, 0.29) is 19.2 Å². The van der Waals surface area contributed by atoms with Crippen molar-refractivity contribution in [2.24, 2.45) is 4.99 Å². The van der Waals surface area contributed by atoms with Crippen molar-refractivity contribution >= 4 is 11.9 Å². The molecule has 7 heteroatoms. The number of guanidine groups is 1. The summed E-state index contributed by atoms with van der Waals surface area (Å²) in [5, 5.41) is 9.06. The number of aliphatic imine (C=N–C) groups is 1. The minimum atomic E-state index is -0.0829. The van der Waals surface area contributed by atoms with Gasteiger partial charge in [0.15, 0.2) is 17.5 Å². The normalized spacial score (nSPS) is 12.9. The van der Waals surface area contributed by atoms with E-state index >= 15 is 0 Å². The van der Waals surface area contributed by atoms with E-state index in [1.165, 1.54) is 0 Å². The number of benzene rings is 1.